The molecule has 0 saturated heterocycles. The maximum Gasteiger partial charge on any atom is 0.0960 e. The Hall–Kier alpha value is -0.550. The Labute approximate surface area is 96.1 Å². The number of halogens is 1. The van der Waals surface area contributed by atoms with Crippen LogP contribution in [-0.2, 0) is 0 Å². The van der Waals surface area contributed by atoms with Crippen LogP contribution in [0, 0.1) is 5.41 Å². The third-order valence-electron chi connectivity index (χ3n) is 1.54. The Morgan fingerprint density at radius 2 is 2.36 bits per heavy atom. The van der Waals surface area contributed by atoms with E-state index in [9.17, 15) is 0 Å². The van der Waals surface area contributed by atoms with Gasteiger partial charge >= 0.3 is 0 Å². The second-order valence-electron chi connectivity index (χ2n) is 2.79. The standard InChI is InChI=1S/C9H12BrN3S/c10-7-3-4-9(13-6-7)14-5-1-2-8(11)12/h3-4,6H,1-2,5H2,(H3,11,12). The molecule has 14 heavy (non-hydrogen) atoms. The molecule has 0 aromatic carbocycles. The van der Waals surface area contributed by atoms with Gasteiger partial charge in [-0.1, -0.05) is 0 Å². The van der Waals surface area contributed by atoms with Crippen molar-refractivity contribution in [2.45, 2.75) is 17.9 Å². The van der Waals surface area contributed by atoms with Crippen LogP contribution in [-0.4, -0.2) is 16.6 Å². The lowest BCUT2D eigenvalue weighted by Gasteiger charge is -2.00. The number of pyridine rings is 1. The van der Waals surface area contributed by atoms with E-state index in [1.807, 2.05) is 12.1 Å². The van der Waals surface area contributed by atoms with E-state index in [0.29, 0.717) is 6.42 Å². The first-order chi connectivity index (χ1) is 6.68. The van der Waals surface area contributed by atoms with E-state index >= 15 is 0 Å². The number of aromatic nitrogens is 1. The summed E-state index contributed by atoms with van der Waals surface area (Å²) in [6.07, 6.45) is 3.38. The molecule has 0 radical (unpaired) electrons. The number of nitrogens with one attached hydrogen (secondary N) is 1. The van der Waals surface area contributed by atoms with Crippen molar-refractivity contribution in [1.29, 1.82) is 5.41 Å². The minimum Gasteiger partial charge on any atom is -0.388 e. The number of hydrogen-bond acceptors (Lipinski definition) is 3. The van der Waals surface area contributed by atoms with Crippen LogP contribution in [0.3, 0.4) is 0 Å². The number of rotatable bonds is 5. The summed E-state index contributed by atoms with van der Waals surface area (Å²) in [5.41, 5.74) is 5.24. The molecule has 0 aliphatic rings. The predicted octanol–water partition coefficient (Wildman–Crippen LogP) is 2.65. The maximum atomic E-state index is 7.05. The summed E-state index contributed by atoms with van der Waals surface area (Å²) in [5.74, 6) is 1.21. The first-order valence-electron chi connectivity index (χ1n) is 4.26. The Balaban J connectivity index is 2.25. The number of thioether (sulfide) groups is 1. The van der Waals surface area contributed by atoms with Gasteiger partial charge < -0.3 is 5.73 Å². The van der Waals surface area contributed by atoms with E-state index in [0.717, 1.165) is 21.7 Å². The van der Waals surface area contributed by atoms with Gasteiger partial charge in [-0.15, -0.1) is 11.8 Å². The van der Waals surface area contributed by atoms with Crippen LogP contribution in [0.5, 0.6) is 0 Å². The fourth-order valence-corrected chi connectivity index (χ4v) is 1.91. The molecule has 5 heteroatoms. The topological polar surface area (TPSA) is 62.8 Å². The van der Waals surface area contributed by atoms with Gasteiger partial charge in [-0.3, -0.25) is 5.41 Å². The molecule has 0 fully saturated rings. The lowest BCUT2D eigenvalue weighted by atomic mass is 10.3. The third-order valence-corrected chi connectivity index (χ3v) is 3.04. The van der Waals surface area contributed by atoms with Crippen LogP contribution in [0.15, 0.2) is 27.8 Å². The van der Waals surface area contributed by atoms with Crippen LogP contribution >= 0.6 is 27.7 Å². The summed E-state index contributed by atoms with van der Waals surface area (Å²) < 4.78 is 0.991. The average Bonchev–Trinajstić information content (AvgIpc) is 2.15. The lowest BCUT2D eigenvalue weighted by molar-refractivity contribution is 0.984. The molecule has 0 aliphatic carbocycles. The summed E-state index contributed by atoms with van der Waals surface area (Å²) >= 11 is 5.02. The van der Waals surface area contributed by atoms with Crippen molar-refractivity contribution in [3.05, 3.63) is 22.8 Å². The fourth-order valence-electron chi connectivity index (χ4n) is 0.887. The summed E-state index contributed by atoms with van der Waals surface area (Å²) in [6, 6.07) is 3.95. The van der Waals surface area contributed by atoms with Crippen molar-refractivity contribution in [3.8, 4) is 0 Å². The molecule has 0 atom stereocenters. The van der Waals surface area contributed by atoms with Crippen LogP contribution < -0.4 is 5.73 Å². The summed E-state index contributed by atoms with van der Waals surface area (Å²) in [7, 11) is 0. The molecule has 0 spiro atoms. The molecule has 1 aromatic heterocycles. The molecule has 0 bridgehead atoms. The van der Waals surface area contributed by atoms with Crippen molar-refractivity contribution in [1.82, 2.24) is 4.98 Å². The van der Waals surface area contributed by atoms with Gasteiger partial charge in [-0.25, -0.2) is 4.98 Å². The number of amidine groups is 1. The van der Waals surface area contributed by atoms with Crippen LogP contribution in [0.2, 0.25) is 0 Å². The first kappa shape index (κ1) is 11.5. The van der Waals surface area contributed by atoms with Gasteiger partial charge in [0.15, 0.2) is 0 Å². The Morgan fingerprint density at radius 3 is 2.93 bits per heavy atom. The van der Waals surface area contributed by atoms with E-state index in [4.69, 9.17) is 11.1 Å². The molecule has 1 rings (SSSR count). The highest BCUT2D eigenvalue weighted by Crippen LogP contribution is 2.18. The van der Waals surface area contributed by atoms with Crippen LogP contribution in [0.1, 0.15) is 12.8 Å². The fraction of sp³-hybridized carbons (Fsp3) is 0.333. The smallest absolute Gasteiger partial charge is 0.0960 e. The predicted molar refractivity (Wildman–Crippen MR) is 63.8 cm³/mol. The minimum atomic E-state index is 0.259. The van der Waals surface area contributed by atoms with Gasteiger partial charge in [-0.05, 0) is 40.2 Å². The molecule has 0 amide bonds. The second kappa shape index (κ2) is 6.03. The lowest BCUT2D eigenvalue weighted by Crippen LogP contribution is -2.08. The van der Waals surface area contributed by atoms with E-state index < -0.39 is 0 Å². The highest BCUT2D eigenvalue weighted by Gasteiger charge is 1.96. The molecule has 3 N–H and O–H groups in total. The zero-order chi connectivity index (χ0) is 10.4. The Kier molecular flexibility index (Phi) is 4.97. The molecule has 0 saturated carbocycles. The summed E-state index contributed by atoms with van der Waals surface area (Å²) in [5, 5.41) is 8.06. The molecule has 1 heterocycles. The Bertz CT molecular complexity index is 299. The van der Waals surface area contributed by atoms with Gasteiger partial charge in [0, 0.05) is 17.1 Å². The first-order valence-corrected chi connectivity index (χ1v) is 6.03. The molecular formula is C9H12BrN3S. The van der Waals surface area contributed by atoms with Crippen molar-refractivity contribution >= 4 is 33.5 Å². The quantitative estimate of drug-likeness (QED) is 0.375. The third kappa shape index (κ3) is 4.62. The van der Waals surface area contributed by atoms with E-state index in [2.05, 4.69) is 20.9 Å². The normalized spacial score (nSPS) is 10.1. The van der Waals surface area contributed by atoms with Gasteiger partial charge in [0.2, 0.25) is 0 Å². The highest BCUT2D eigenvalue weighted by atomic mass is 79.9. The number of nitrogens with two attached hydrogens (primary N) is 1. The van der Waals surface area contributed by atoms with Gasteiger partial charge in [-0.2, -0.15) is 0 Å². The summed E-state index contributed by atoms with van der Waals surface area (Å²) in [6.45, 7) is 0. The number of hydrogen-bond donors (Lipinski definition) is 2. The second-order valence-corrected chi connectivity index (χ2v) is 4.82. The molecular weight excluding hydrogens is 262 g/mol. The van der Waals surface area contributed by atoms with Gasteiger partial charge in [0.1, 0.15) is 0 Å². The number of nitrogens with zero attached hydrogens (tertiary/aromatic N) is 1. The molecule has 0 aliphatic heterocycles. The van der Waals surface area contributed by atoms with E-state index in [1.54, 1.807) is 18.0 Å². The summed E-state index contributed by atoms with van der Waals surface area (Å²) in [4.78, 5) is 4.23. The van der Waals surface area contributed by atoms with E-state index in [-0.39, 0.29) is 5.84 Å². The van der Waals surface area contributed by atoms with Crippen molar-refractivity contribution in [2.75, 3.05) is 5.75 Å². The Morgan fingerprint density at radius 1 is 1.57 bits per heavy atom. The van der Waals surface area contributed by atoms with Gasteiger partial charge in [0.05, 0.1) is 10.9 Å². The van der Waals surface area contributed by atoms with E-state index in [1.165, 1.54) is 0 Å². The zero-order valence-corrected chi connectivity index (χ0v) is 10.1. The minimum absolute atomic E-state index is 0.259. The van der Waals surface area contributed by atoms with Crippen molar-refractivity contribution in [3.63, 3.8) is 0 Å². The monoisotopic (exact) mass is 273 g/mol. The molecule has 76 valence electrons. The highest BCUT2D eigenvalue weighted by molar-refractivity contribution is 9.10. The largest absolute Gasteiger partial charge is 0.388 e. The van der Waals surface area contributed by atoms with Crippen molar-refractivity contribution < 1.29 is 0 Å². The molecule has 1 aromatic rings. The zero-order valence-electron chi connectivity index (χ0n) is 7.66. The molecule has 0 unspecified atom stereocenters. The van der Waals surface area contributed by atoms with Crippen LogP contribution in [0.4, 0.5) is 0 Å². The average molecular weight is 274 g/mol. The maximum absolute atomic E-state index is 7.05. The SMILES string of the molecule is N=C(N)CCCSc1ccc(Br)cn1. The molecule has 3 nitrogen and oxygen atoms in total. The van der Waals surface area contributed by atoms with Gasteiger partial charge in [0.25, 0.3) is 0 Å². The van der Waals surface area contributed by atoms with Crippen molar-refractivity contribution in [2.24, 2.45) is 5.73 Å². The van der Waals surface area contributed by atoms with Crippen LogP contribution in [0.25, 0.3) is 0 Å².